The summed E-state index contributed by atoms with van der Waals surface area (Å²) in [4.78, 5) is 22.8. The fraction of sp³-hybridized carbons (Fsp3) is 0.429. The van der Waals surface area contributed by atoms with E-state index in [9.17, 15) is 9.59 Å². The van der Waals surface area contributed by atoms with Gasteiger partial charge < -0.3 is 20.9 Å². The van der Waals surface area contributed by atoms with E-state index < -0.39 is 5.97 Å². The van der Waals surface area contributed by atoms with Crippen LogP contribution in [0, 0.1) is 0 Å². The number of rotatable bonds is 5. The zero-order valence-electron chi connectivity index (χ0n) is 11.1. The molecule has 1 aliphatic rings. The highest BCUT2D eigenvalue weighted by Crippen LogP contribution is 2.24. The van der Waals surface area contributed by atoms with E-state index in [-0.39, 0.29) is 35.6 Å². The van der Waals surface area contributed by atoms with Gasteiger partial charge >= 0.3 is 5.97 Å². The van der Waals surface area contributed by atoms with Crippen LogP contribution < -0.4 is 15.8 Å². The van der Waals surface area contributed by atoms with Gasteiger partial charge in [0.15, 0.2) is 6.61 Å². The Morgan fingerprint density at radius 2 is 2.05 bits per heavy atom. The van der Waals surface area contributed by atoms with E-state index in [0.29, 0.717) is 0 Å². The molecule has 0 saturated heterocycles. The number of amides is 1. The molecule has 4 N–H and O–H groups in total. The first-order valence-corrected chi connectivity index (χ1v) is 6.62. The van der Waals surface area contributed by atoms with Gasteiger partial charge in [0.2, 0.25) is 0 Å². The lowest BCUT2D eigenvalue weighted by Gasteiger charge is -2.14. The van der Waals surface area contributed by atoms with Crippen LogP contribution in [-0.4, -0.2) is 29.6 Å². The lowest BCUT2D eigenvalue weighted by molar-refractivity contribution is -0.123. The number of aromatic carboxylic acids is 1. The van der Waals surface area contributed by atoms with Crippen LogP contribution >= 0.6 is 0 Å². The smallest absolute Gasteiger partial charge is 0.341 e. The zero-order valence-corrected chi connectivity index (χ0v) is 11.1. The highest BCUT2D eigenvalue weighted by Gasteiger charge is 2.19. The van der Waals surface area contributed by atoms with Crippen LogP contribution in [0.3, 0.4) is 0 Å². The van der Waals surface area contributed by atoms with Gasteiger partial charge in [0.05, 0.1) is 0 Å². The van der Waals surface area contributed by atoms with Crippen molar-refractivity contribution in [2.75, 3.05) is 12.3 Å². The van der Waals surface area contributed by atoms with Gasteiger partial charge in [0.25, 0.3) is 5.91 Å². The van der Waals surface area contributed by atoms with E-state index in [4.69, 9.17) is 15.6 Å². The minimum atomic E-state index is -1.17. The number of carbonyl (C=O) groups is 2. The van der Waals surface area contributed by atoms with Crippen molar-refractivity contribution in [3.05, 3.63) is 23.8 Å². The van der Waals surface area contributed by atoms with Crippen LogP contribution in [0.25, 0.3) is 0 Å². The molecule has 2 rings (SSSR count). The average molecular weight is 278 g/mol. The van der Waals surface area contributed by atoms with E-state index in [1.807, 2.05) is 0 Å². The molecule has 1 amide bonds. The summed E-state index contributed by atoms with van der Waals surface area (Å²) in [6, 6.07) is 4.77. The predicted octanol–water partition coefficient (Wildman–Crippen LogP) is 1.40. The normalized spacial score (nSPS) is 15.0. The number of carboxylic acids is 1. The Balaban J connectivity index is 1.95. The van der Waals surface area contributed by atoms with Gasteiger partial charge in [-0.2, -0.15) is 0 Å². The molecule has 108 valence electrons. The molecule has 0 bridgehead atoms. The van der Waals surface area contributed by atoms with Crippen molar-refractivity contribution in [1.82, 2.24) is 5.32 Å². The molecule has 1 aromatic rings. The third-order valence-electron chi connectivity index (χ3n) is 3.35. The first kappa shape index (κ1) is 14.2. The standard InChI is InChI=1S/C14H18N2O4/c15-10-6-3-7-11(13(10)14(18)19)20-8-12(17)16-9-4-1-2-5-9/h3,6-7,9H,1-2,4-5,8,15H2,(H,16,17)(H,18,19). The molecule has 0 atom stereocenters. The quantitative estimate of drug-likeness (QED) is 0.707. The SMILES string of the molecule is Nc1cccc(OCC(=O)NC2CCCC2)c1C(=O)O. The molecule has 0 aromatic heterocycles. The van der Waals surface area contributed by atoms with Crippen molar-refractivity contribution < 1.29 is 19.4 Å². The Hall–Kier alpha value is -2.24. The second-order valence-corrected chi connectivity index (χ2v) is 4.86. The van der Waals surface area contributed by atoms with Crippen LogP contribution in [0.5, 0.6) is 5.75 Å². The van der Waals surface area contributed by atoms with Gasteiger partial charge in [-0.1, -0.05) is 18.9 Å². The fourth-order valence-corrected chi connectivity index (χ4v) is 2.38. The predicted molar refractivity (Wildman–Crippen MR) is 73.7 cm³/mol. The Morgan fingerprint density at radius 3 is 2.70 bits per heavy atom. The van der Waals surface area contributed by atoms with Gasteiger partial charge in [0.1, 0.15) is 11.3 Å². The Bertz CT molecular complexity index is 510. The Morgan fingerprint density at radius 1 is 1.35 bits per heavy atom. The number of nitrogens with two attached hydrogens (primary N) is 1. The lowest BCUT2D eigenvalue weighted by atomic mass is 10.1. The largest absolute Gasteiger partial charge is 0.483 e. The molecule has 0 aliphatic heterocycles. The molecule has 0 radical (unpaired) electrons. The molecule has 1 saturated carbocycles. The van der Waals surface area contributed by atoms with E-state index >= 15 is 0 Å². The van der Waals surface area contributed by atoms with Gasteiger partial charge in [0, 0.05) is 11.7 Å². The van der Waals surface area contributed by atoms with E-state index in [1.165, 1.54) is 12.1 Å². The van der Waals surface area contributed by atoms with Crippen LogP contribution in [-0.2, 0) is 4.79 Å². The number of benzene rings is 1. The molecule has 0 spiro atoms. The summed E-state index contributed by atoms with van der Waals surface area (Å²) < 4.78 is 5.28. The Labute approximate surface area is 116 Å². The van der Waals surface area contributed by atoms with E-state index in [0.717, 1.165) is 25.7 Å². The van der Waals surface area contributed by atoms with Crippen molar-refractivity contribution in [1.29, 1.82) is 0 Å². The summed E-state index contributed by atoms with van der Waals surface area (Å²) in [5, 5.41) is 12.0. The molecule has 20 heavy (non-hydrogen) atoms. The first-order valence-electron chi connectivity index (χ1n) is 6.62. The zero-order chi connectivity index (χ0) is 14.5. The fourth-order valence-electron chi connectivity index (χ4n) is 2.38. The van der Waals surface area contributed by atoms with Gasteiger partial charge in [-0.3, -0.25) is 4.79 Å². The number of carbonyl (C=O) groups excluding carboxylic acids is 1. The minimum absolute atomic E-state index is 0.110. The van der Waals surface area contributed by atoms with Crippen LogP contribution in [0.4, 0.5) is 5.69 Å². The third kappa shape index (κ3) is 3.40. The van der Waals surface area contributed by atoms with Crippen molar-refractivity contribution in [2.45, 2.75) is 31.7 Å². The van der Waals surface area contributed by atoms with Crippen molar-refractivity contribution >= 4 is 17.6 Å². The van der Waals surface area contributed by atoms with Crippen molar-refractivity contribution in [3.63, 3.8) is 0 Å². The topological polar surface area (TPSA) is 102 Å². The highest BCUT2D eigenvalue weighted by atomic mass is 16.5. The minimum Gasteiger partial charge on any atom is -0.483 e. The molecule has 0 heterocycles. The van der Waals surface area contributed by atoms with Gasteiger partial charge in [-0.15, -0.1) is 0 Å². The second-order valence-electron chi connectivity index (χ2n) is 4.86. The number of hydrogen-bond donors (Lipinski definition) is 3. The molecule has 1 fully saturated rings. The summed E-state index contributed by atoms with van der Waals surface area (Å²) in [6.45, 7) is -0.208. The monoisotopic (exact) mass is 278 g/mol. The number of hydrogen-bond acceptors (Lipinski definition) is 4. The number of carboxylic acid groups (broad SMARTS) is 1. The maximum absolute atomic E-state index is 11.7. The maximum atomic E-state index is 11.7. The van der Waals surface area contributed by atoms with E-state index in [1.54, 1.807) is 6.07 Å². The van der Waals surface area contributed by atoms with Crippen LogP contribution in [0.1, 0.15) is 36.0 Å². The van der Waals surface area contributed by atoms with Gasteiger partial charge in [-0.05, 0) is 25.0 Å². The average Bonchev–Trinajstić information content (AvgIpc) is 2.88. The summed E-state index contributed by atoms with van der Waals surface area (Å²) in [7, 11) is 0. The number of anilines is 1. The molecule has 6 heteroatoms. The number of ether oxygens (including phenoxy) is 1. The molecule has 6 nitrogen and oxygen atoms in total. The van der Waals surface area contributed by atoms with Crippen LogP contribution in [0.15, 0.2) is 18.2 Å². The Kier molecular flexibility index (Phi) is 4.45. The maximum Gasteiger partial charge on any atom is 0.341 e. The van der Waals surface area contributed by atoms with Crippen molar-refractivity contribution in [2.24, 2.45) is 0 Å². The molecule has 1 aromatic carbocycles. The summed E-state index contributed by atoms with van der Waals surface area (Å²) in [6.07, 6.45) is 4.24. The van der Waals surface area contributed by atoms with Crippen LogP contribution in [0.2, 0.25) is 0 Å². The van der Waals surface area contributed by atoms with Gasteiger partial charge in [-0.25, -0.2) is 4.79 Å². The summed E-state index contributed by atoms with van der Waals surface area (Å²) in [5.74, 6) is -1.30. The lowest BCUT2D eigenvalue weighted by Crippen LogP contribution is -2.36. The molecular weight excluding hydrogens is 260 g/mol. The van der Waals surface area contributed by atoms with Crippen molar-refractivity contribution in [3.8, 4) is 5.75 Å². The summed E-state index contributed by atoms with van der Waals surface area (Å²) in [5.41, 5.74) is 5.61. The molecule has 0 unspecified atom stereocenters. The van der Waals surface area contributed by atoms with E-state index in [2.05, 4.69) is 5.32 Å². The number of nitrogen functional groups attached to an aromatic ring is 1. The molecule has 1 aliphatic carbocycles. The first-order chi connectivity index (χ1) is 9.58. The molecular formula is C14H18N2O4. The summed E-state index contributed by atoms with van der Waals surface area (Å²) >= 11 is 0. The highest BCUT2D eigenvalue weighted by molar-refractivity contribution is 5.96. The third-order valence-corrected chi connectivity index (χ3v) is 3.35. The second kappa shape index (κ2) is 6.27. The number of nitrogens with one attached hydrogen (secondary N) is 1.